The second kappa shape index (κ2) is 8.95. The number of ether oxygens (including phenoxy) is 1. The second-order valence-electron chi connectivity index (χ2n) is 8.20. The first-order valence-electron chi connectivity index (χ1n) is 11.3. The third-order valence-electron chi connectivity index (χ3n) is 6.02. The maximum Gasteiger partial charge on any atom is 0.308 e. The molecule has 0 saturated heterocycles. The minimum atomic E-state index is -0.495. The number of fused-ring (bicyclic) bond motifs is 3. The molecular formula is C26H25N5O2S. The third kappa shape index (κ3) is 3.84. The van der Waals surface area contributed by atoms with Crippen molar-refractivity contribution >= 4 is 23.0 Å². The highest BCUT2D eigenvalue weighted by Gasteiger charge is 2.32. The van der Waals surface area contributed by atoms with Gasteiger partial charge in [-0.15, -0.1) is 21.5 Å². The fraction of sp³-hybridized carbons (Fsp3) is 0.269. The molecule has 8 heteroatoms. The van der Waals surface area contributed by atoms with Gasteiger partial charge in [0.05, 0.1) is 24.4 Å². The van der Waals surface area contributed by atoms with E-state index in [1.807, 2.05) is 29.7 Å². The molecule has 1 aliphatic rings. The van der Waals surface area contributed by atoms with Gasteiger partial charge in [0.2, 0.25) is 0 Å². The van der Waals surface area contributed by atoms with Gasteiger partial charge in [-0.05, 0) is 45.4 Å². The molecule has 7 nitrogen and oxygen atoms in total. The summed E-state index contributed by atoms with van der Waals surface area (Å²) in [6, 6.07) is 13.6. The lowest BCUT2D eigenvalue weighted by atomic mass is 9.98. The van der Waals surface area contributed by atoms with Crippen molar-refractivity contribution < 1.29 is 9.53 Å². The van der Waals surface area contributed by atoms with Gasteiger partial charge < -0.3 is 4.74 Å². The Kier molecular flexibility index (Phi) is 5.83. The van der Waals surface area contributed by atoms with E-state index in [0.29, 0.717) is 12.4 Å². The molecule has 1 atom stereocenters. The van der Waals surface area contributed by atoms with Gasteiger partial charge in [0.1, 0.15) is 16.9 Å². The van der Waals surface area contributed by atoms with Crippen LogP contribution in [0, 0.1) is 20.8 Å². The van der Waals surface area contributed by atoms with E-state index in [0.717, 1.165) is 38.9 Å². The molecule has 4 heterocycles. The van der Waals surface area contributed by atoms with Gasteiger partial charge in [-0.25, -0.2) is 0 Å². The van der Waals surface area contributed by atoms with Gasteiger partial charge in [0.25, 0.3) is 0 Å². The van der Waals surface area contributed by atoms with E-state index in [-0.39, 0.29) is 12.4 Å². The highest BCUT2D eigenvalue weighted by Crippen LogP contribution is 2.39. The topological polar surface area (TPSA) is 82.3 Å². The highest BCUT2D eigenvalue weighted by atomic mass is 32.1. The molecule has 0 N–H and O–H groups in total. The summed E-state index contributed by atoms with van der Waals surface area (Å²) in [5.41, 5.74) is 6.01. The molecule has 172 valence electrons. The van der Waals surface area contributed by atoms with Crippen LogP contribution in [0.25, 0.3) is 16.3 Å². The van der Waals surface area contributed by atoms with Crippen LogP contribution in [0.15, 0.2) is 53.7 Å². The Balaban J connectivity index is 1.67. The van der Waals surface area contributed by atoms with Crippen LogP contribution in [-0.4, -0.2) is 38.0 Å². The zero-order chi connectivity index (χ0) is 23.8. The highest BCUT2D eigenvalue weighted by molar-refractivity contribution is 7.15. The number of aryl methyl sites for hydroxylation is 2. The van der Waals surface area contributed by atoms with Gasteiger partial charge in [0, 0.05) is 27.8 Å². The number of aliphatic imine (C=N–C) groups is 1. The first kappa shape index (κ1) is 22.2. The van der Waals surface area contributed by atoms with Crippen molar-refractivity contribution in [3.63, 3.8) is 0 Å². The quantitative estimate of drug-likeness (QED) is 0.376. The van der Waals surface area contributed by atoms with E-state index >= 15 is 0 Å². The van der Waals surface area contributed by atoms with Crippen LogP contribution >= 0.6 is 11.3 Å². The summed E-state index contributed by atoms with van der Waals surface area (Å²) in [4.78, 5) is 23.3. The maximum absolute atomic E-state index is 12.5. The van der Waals surface area contributed by atoms with Gasteiger partial charge >= 0.3 is 5.97 Å². The predicted octanol–water partition coefficient (Wildman–Crippen LogP) is 5.16. The maximum atomic E-state index is 12.5. The first-order chi connectivity index (χ1) is 16.5. The number of thiophene rings is 1. The standard InChI is InChI=1S/C26H25N5O2S/c1-5-33-22(32)14-21-25-30-29-17(4)31(25)26-23(15(2)16(3)34-26)24(28-21)19-11-9-18(10-12-19)20-8-6-7-13-27-20/h6-13,21H,5,14H2,1-4H3/t21-/m0/s1. The first-order valence-corrected chi connectivity index (χ1v) is 12.1. The molecule has 0 fully saturated rings. The van der Waals surface area contributed by atoms with Crippen LogP contribution in [0.2, 0.25) is 0 Å². The fourth-order valence-electron chi connectivity index (χ4n) is 4.23. The number of nitrogens with zero attached hydrogens (tertiary/aromatic N) is 5. The Morgan fingerprint density at radius 3 is 2.53 bits per heavy atom. The number of aromatic nitrogens is 4. The summed E-state index contributed by atoms with van der Waals surface area (Å²) < 4.78 is 7.29. The molecule has 0 radical (unpaired) electrons. The van der Waals surface area contributed by atoms with Crippen LogP contribution in [0.1, 0.15) is 52.6 Å². The Labute approximate surface area is 202 Å². The Bertz CT molecular complexity index is 1390. The van der Waals surface area contributed by atoms with E-state index in [2.05, 4.69) is 53.3 Å². The number of rotatable bonds is 5. The average Bonchev–Trinajstić information content (AvgIpc) is 3.32. The van der Waals surface area contributed by atoms with Crippen LogP contribution < -0.4 is 0 Å². The van der Waals surface area contributed by atoms with Crippen LogP contribution in [0.5, 0.6) is 0 Å². The Hall–Kier alpha value is -3.65. The summed E-state index contributed by atoms with van der Waals surface area (Å²) in [5.74, 6) is 1.13. The van der Waals surface area contributed by atoms with Gasteiger partial charge in [-0.2, -0.15) is 0 Å². The zero-order valence-corrected chi connectivity index (χ0v) is 20.4. The van der Waals surface area contributed by atoms with Gasteiger partial charge in [-0.3, -0.25) is 19.3 Å². The van der Waals surface area contributed by atoms with E-state index in [4.69, 9.17) is 9.73 Å². The number of hydrogen-bond acceptors (Lipinski definition) is 7. The summed E-state index contributed by atoms with van der Waals surface area (Å²) in [7, 11) is 0. The molecule has 0 amide bonds. The van der Waals surface area contributed by atoms with Crippen molar-refractivity contribution in [1.82, 2.24) is 19.7 Å². The molecule has 3 aromatic heterocycles. The summed E-state index contributed by atoms with van der Waals surface area (Å²) >= 11 is 1.70. The van der Waals surface area contributed by atoms with E-state index in [1.54, 1.807) is 24.5 Å². The Morgan fingerprint density at radius 1 is 1.06 bits per heavy atom. The second-order valence-corrected chi connectivity index (χ2v) is 9.40. The molecule has 0 unspecified atom stereocenters. The number of carbonyl (C=O) groups is 1. The lowest BCUT2D eigenvalue weighted by molar-refractivity contribution is -0.143. The minimum Gasteiger partial charge on any atom is -0.466 e. The normalized spacial score (nSPS) is 14.7. The minimum absolute atomic E-state index is 0.106. The van der Waals surface area contributed by atoms with E-state index in [1.165, 1.54) is 10.4 Å². The zero-order valence-electron chi connectivity index (χ0n) is 19.6. The van der Waals surface area contributed by atoms with E-state index < -0.39 is 6.04 Å². The van der Waals surface area contributed by atoms with Crippen molar-refractivity contribution in [2.45, 2.75) is 40.2 Å². The number of benzene rings is 1. The molecule has 0 bridgehead atoms. The predicted molar refractivity (Wildman–Crippen MR) is 133 cm³/mol. The molecule has 1 aliphatic heterocycles. The van der Waals surface area contributed by atoms with E-state index in [9.17, 15) is 4.79 Å². The molecule has 0 spiro atoms. The van der Waals surface area contributed by atoms with Crippen molar-refractivity contribution in [3.05, 3.63) is 81.9 Å². The molecule has 1 aromatic carbocycles. The third-order valence-corrected chi connectivity index (χ3v) is 7.22. The summed E-state index contributed by atoms with van der Waals surface area (Å²) in [5, 5.41) is 9.78. The van der Waals surface area contributed by atoms with Crippen molar-refractivity contribution in [1.29, 1.82) is 0 Å². The van der Waals surface area contributed by atoms with Crippen LogP contribution in [0.3, 0.4) is 0 Å². The lowest BCUT2D eigenvalue weighted by Crippen LogP contribution is -2.13. The Morgan fingerprint density at radius 2 is 1.82 bits per heavy atom. The number of pyridine rings is 1. The molecule has 4 aromatic rings. The van der Waals surface area contributed by atoms with Crippen molar-refractivity contribution in [2.24, 2.45) is 4.99 Å². The monoisotopic (exact) mass is 471 g/mol. The molecule has 0 aliphatic carbocycles. The molecule has 5 rings (SSSR count). The van der Waals surface area contributed by atoms with Crippen molar-refractivity contribution in [3.8, 4) is 16.3 Å². The number of hydrogen-bond donors (Lipinski definition) is 0. The average molecular weight is 472 g/mol. The molecular weight excluding hydrogens is 446 g/mol. The number of esters is 1. The fourth-order valence-corrected chi connectivity index (χ4v) is 5.45. The lowest BCUT2D eigenvalue weighted by Gasteiger charge is -2.12. The van der Waals surface area contributed by atoms with Crippen LogP contribution in [-0.2, 0) is 9.53 Å². The molecule has 34 heavy (non-hydrogen) atoms. The number of carbonyl (C=O) groups excluding carboxylic acids is 1. The van der Waals surface area contributed by atoms with Gasteiger partial charge in [0.15, 0.2) is 5.82 Å². The van der Waals surface area contributed by atoms with Gasteiger partial charge in [-0.1, -0.05) is 30.3 Å². The van der Waals surface area contributed by atoms with Crippen molar-refractivity contribution in [2.75, 3.05) is 6.61 Å². The SMILES string of the molecule is CCOC(=O)C[C@@H]1N=C(c2ccc(-c3ccccn3)cc2)c2c(sc(C)c2C)-n2c(C)nnc21. The summed E-state index contributed by atoms with van der Waals surface area (Å²) in [6.45, 7) is 8.30. The summed E-state index contributed by atoms with van der Waals surface area (Å²) in [6.07, 6.45) is 1.90. The molecule has 0 saturated carbocycles. The van der Waals surface area contributed by atoms with Crippen LogP contribution in [0.4, 0.5) is 0 Å². The smallest absolute Gasteiger partial charge is 0.308 e. The largest absolute Gasteiger partial charge is 0.466 e.